The Morgan fingerprint density at radius 2 is 1.95 bits per heavy atom. The summed E-state index contributed by atoms with van der Waals surface area (Å²) in [5.41, 5.74) is -0.0835. The number of halogens is 3. The summed E-state index contributed by atoms with van der Waals surface area (Å²) >= 11 is 5.86. The number of amides is 1. The maximum atomic E-state index is 13.6. The maximum Gasteiger partial charge on any atom is 0.264 e. The van der Waals surface area contributed by atoms with Gasteiger partial charge in [0, 0.05) is 23.8 Å². The zero-order valence-electron chi connectivity index (χ0n) is 11.9. The van der Waals surface area contributed by atoms with E-state index in [9.17, 15) is 17.6 Å². The van der Waals surface area contributed by atoms with Gasteiger partial charge in [0.15, 0.2) is 0 Å². The summed E-state index contributed by atoms with van der Waals surface area (Å²) in [7, 11) is 0.861. The van der Waals surface area contributed by atoms with Crippen molar-refractivity contribution >= 4 is 37.2 Å². The molecule has 0 atom stereocenters. The summed E-state index contributed by atoms with van der Waals surface area (Å²) in [6.45, 7) is 6.57. The van der Waals surface area contributed by atoms with Crippen LogP contribution >= 0.6 is 22.3 Å². The summed E-state index contributed by atoms with van der Waals surface area (Å²) in [6, 6.07) is 1.67. The second kappa shape index (κ2) is 6.94. The SMILES string of the molecule is CCN(CC(C)C)C(=O)c1cc(S(=O)(=O)Cl)c(F)cc1Cl. The molecule has 0 fully saturated rings. The first-order chi connectivity index (χ1) is 9.57. The molecule has 0 aromatic heterocycles. The van der Waals surface area contributed by atoms with E-state index in [-0.39, 0.29) is 16.5 Å². The molecule has 21 heavy (non-hydrogen) atoms. The smallest absolute Gasteiger partial charge is 0.264 e. The van der Waals surface area contributed by atoms with Gasteiger partial charge < -0.3 is 4.90 Å². The lowest BCUT2D eigenvalue weighted by Crippen LogP contribution is -2.34. The van der Waals surface area contributed by atoms with Crippen LogP contribution in [0, 0.1) is 11.7 Å². The third-order valence-corrected chi connectivity index (χ3v) is 4.42. The highest BCUT2D eigenvalue weighted by atomic mass is 35.7. The fourth-order valence-corrected chi connectivity index (χ4v) is 2.98. The minimum Gasteiger partial charge on any atom is -0.339 e. The van der Waals surface area contributed by atoms with Crippen molar-refractivity contribution in [2.75, 3.05) is 13.1 Å². The van der Waals surface area contributed by atoms with E-state index in [0.29, 0.717) is 13.1 Å². The molecule has 0 aliphatic heterocycles. The molecule has 1 aromatic carbocycles. The molecular weight excluding hydrogens is 340 g/mol. The van der Waals surface area contributed by atoms with Gasteiger partial charge in [-0.25, -0.2) is 12.8 Å². The number of hydrogen-bond acceptors (Lipinski definition) is 3. The highest BCUT2D eigenvalue weighted by molar-refractivity contribution is 8.13. The number of hydrogen-bond donors (Lipinski definition) is 0. The van der Waals surface area contributed by atoms with E-state index < -0.39 is 25.7 Å². The lowest BCUT2D eigenvalue weighted by Gasteiger charge is -2.23. The molecule has 8 heteroatoms. The average Bonchev–Trinajstić information content (AvgIpc) is 2.33. The largest absolute Gasteiger partial charge is 0.339 e. The Kier molecular flexibility index (Phi) is 6.01. The zero-order valence-corrected chi connectivity index (χ0v) is 14.2. The molecule has 0 radical (unpaired) electrons. The van der Waals surface area contributed by atoms with E-state index in [0.717, 1.165) is 12.1 Å². The monoisotopic (exact) mass is 355 g/mol. The normalized spacial score (nSPS) is 11.8. The zero-order chi connectivity index (χ0) is 16.4. The lowest BCUT2D eigenvalue weighted by molar-refractivity contribution is 0.0745. The molecule has 4 nitrogen and oxygen atoms in total. The van der Waals surface area contributed by atoms with Crippen molar-refractivity contribution in [2.24, 2.45) is 5.92 Å². The Bertz CT molecular complexity index is 647. The van der Waals surface area contributed by atoms with Gasteiger partial charge in [-0.1, -0.05) is 25.4 Å². The van der Waals surface area contributed by atoms with Crippen LogP contribution in [0.15, 0.2) is 17.0 Å². The Morgan fingerprint density at radius 3 is 2.38 bits per heavy atom. The van der Waals surface area contributed by atoms with Crippen LogP contribution in [0.1, 0.15) is 31.1 Å². The van der Waals surface area contributed by atoms with Crippen molar-refractivity contribution in [1.29, 1.82) is 0 Å². The topological polar surface area (TPSA) is 54.5 Å². The van der Waals surface area contributed by atoms with Crippen LogP contribution < -0.4 is 0 Å². The van der Waals surface area contributed by atoms with Crippen LogP contribution in [0.3, 0.4) is 0 Å². The second-order valence-electron chi connectivity index (χ2n) is 4.94. The molecular formula is C13H16Cl2FNO3S. The number of nitrogens with zero attached hydrogens (tertiary/aromatic N) is 1. The quantitative estimate of drug-likeness (QED) is 0.759. The highest BCUT2D eigenvalue weighted by Gasteiger charge is 2.24. The third-order valence-electron chi connectivity index (χ3n) is 2.77. The molecule has 1 amide bonds. The lowest BCUT2D eigenvalue weighted by atomic mass is 10.1. The minimum absolute atomic E-state index is 0.0835. The number of benzene rings is 1. The molecule has 1 aromatic rings. The first kappa shape index (κ1) is 18.2. The molecule has 0 spiro atoms. The first-order valence-corrected chi connectivity index (χ1v) is 8.99. The van der Waals surface area contributed by atoms with E-state index in [1.165, 1.54) is 4.90 Å². The van der Waals surface area contributed by atoms with Crippen LogP contribution in [0.5, 0.6) is 0 Å². The summed E-state index contributed by atoms with van der Waals surface area (Å²) in [5.74, 6) is -1.32. The van der Waals surface area contributed by atoms with Gasteiger partial charge in [0.2, 0.25) is 0 Å². The van der Waals surface area contributed by atoms with Crippen molar-refractivity contribution in [1.82, 2.24) is 4.90 Å². The highest BCUT2D eigenvalue weighted by Crippen LogP contribution is 2.27. The number of rotatable bonds is 5. The molecule has 0 unspecified atom stereocenters. The third kappa shape index (κ3) is 4.56. The molecule has 118 valence electrons. The fraction of sp³-hybridized carbons (Fsp3) is 0.462. The van der Waals surface area contributed by atoms with Gasteiger partial charge in [0.25, 0.3) is 15.0 Å². The molecule has 0 saturated heterocycles. The van der Waals surface area contributed by atoms with Gasteiger partial charge in [-0.2, -0.15) is 0 Å². The number of carbonyl (C=O) groups is 1. The van der Waals surface area contributed by atoms with Crippen molar-refractivity contribution in [3.8, 4) is 0 Å². The van der Waals surface area contributed by atoms with Gasteiger partial charge in [0.1, 0.15) is 10.7 Å². The predicted molar refractivity (Wildman–Crippen MR) is 80.9 cm³/mol. The average molecular weight is 356 g/mol. The van der Waals surface area contributed by atoms with Crippen molar-refractivity contribution < 1.29 is 17.6 Å². The van der Waals surface area contributed by atoms with Crippen LogP contribution in [0.4, 0.5) is 4.39 Å². The first-order valence-electron chi connectivity index (χ1n) is 6.30. The summed E-state index contributed by atoms with van der Waals surface area (Å²) in [4.78, 5) is 13.2. The Balaban J connectivity index is 3.33. The molecule has 1 rings (SSSR count). The summed E-state index contributed by atoms with van der Waals surface area (Å²) in [6.07, 6.45) is 0. The maximum absolute atomic E-state index is 13.6. The predicted octanol–water partition coefficient (Wildman–Crippen LogP) is 3.52. The standard InChI is InChI=1S/C13H16Cl2FNO3S/c1-4-17(7-8(2)3)13(18)9-5-12(21(15,19)20)11(16)6-10(9)14/h5-6,8H,4,7H2,1-3H3. The summed E-state index contributed by atoms with van der Waals surface area (Å²) < 4.78 is 36.2. The van der Waals surface area contributed by atoms with E-state index in [1.807, 2.05) is 13.8 Å². The molecule has 0 N–H and O–H groups in total. The molecule has 0 aliphatic rings. The second-order valence-corrected chi connectivity index (χ2v) is 7.88. The fourth-order valence-electron chi connectivity index (χ4n) is 1.85. The van der Waals surface area contributed by atoms with Crippen LogP contribution in [0.25, 0.3) is 0 Å². The van der Waals surface area contributed by atoms with Crippen LogP contribution in [-0.4, -0.2) is 32.3 Å². The van der Waals surface area contributed by atoms with Crippen molar-refractivity contribution in [3.05, 3.63) is 28.5 Å². The van der Waals surface area contributed by atoms with Gasteiger partial charge in [0.05, 0.1) is 10.6 Å². The van der Waals surface area contributed by atoms with E-state index in [1.54, 1.807) is 6.92 Å². The minimum atomic E-state index is -4.29. The van der Waals surface area contributed by atoms with Gasteiger partial charge in [-0.05, 0) is 25.0 Å². The number of carbonyl (C=O) groups excluding carboxylic acids is 1. The van der Waals surface area contributed by atoms with Crippen molar-refractivity contribution in [2.45, 2.75) is 25.7 Å². The molecule has 0 heterocycles. The van der Waals surface area contributed by atoms with E-state index >= 15 is 0 Å². The van der Waals surface area contributed by atoms with Crippen molar-refractivity contribution in [3.63, 3.8) is 0 Å². The summed E-state index contributed by atoms with van der Waals surface area (Å²) in [5, 5.41) is -0.149. The molecule has 0 aliphatic carbocycles. The molecule has 0 saturated carbocycles. The van der Waals surface area contributed by atoms with E-state index in [2.05, 4.69) is 0 Å². The van der Waals surface area contributed by atoms with Gasteiger partial charge >= 0.3 is 0 Å². The Hall–Kier alpha value is -0.850. The van der Waals surface area contributed by atoms with E-state index in [4.69, 9.17) is 22.3 Å². The Morgan fingerprint density at radius 1 is 1.38 bits per heavy atom. The van der Waals surface area contributed by atoms with Gasteiger partial charge in [-0.3, -0.25) is 4.79 Å². The Labute approximate surface area is 133 Å². The molecule has 0 bridgehead atoms. The van der Waals surface area contributed by atoms with Gasteiger partial charge in [-0.15, -0.1) is 0 Å². The van der Waals surface area contributed by atoms with Crippen LogP contribution in [-0.2, 0) is 9.05 Å². The van der Waals surface area contributed by atoms with Crippen LogP contribution in [0.2, 0.25) is 5.02 Å².